The minimum Gasteiger partial charge on any atom is -0.436 e. The van der Waals surface area contributed by atoms with E-state index >= 15 is 0 Å². The fourth-order valence-electron chi connectivity index (χ4n) is 1.95. The van der Waals surface area contributed by atoms with Crippen LogP contribution in [-0.4, -0.2) is 9.91 Å². The van der Waals surface area contributed by atoms with Crippen molar-refractivity contribution in [3.05, 3.63) is 58.1 Å². The summed E-state index contributed by atoms with van der Waals surface area (Å²) in [7, 11) is 0. The van der Waals surface area contributed by atoms with Crippen molar-refractivity contribution in [2.75, 3.05) is 0 Å². The lowest BCUT2D eigenvalue weighted by atomic mass is 10.1. The summed E-state index contributed by atoms with van der Waals surface area (Å²) in [6.45, 7) is 0. The van der Waals surface area contributed by atoms with Gasteiger partial charge in [0.2, 0.25) is 5.89 Å². The van der Waals surface area contributed by atoms with Gasteiger partial charge >= 0.3 is 6.18 Å². The Morgan fingerprint density at radius 2 is 1.77 bits per heavy atom. The Labute approximate surface area is 121 Å². The lowest BCUT2D eigenvalue weighted by Crippen LogP contribution is -2.03. The molecule has 0 aliphatic heterocycles. The number of nitro groups is 1. The fourth-order valence-corrected chi connectivity index (χ4v) is 1.95. The molecule has 8 heteroatoms. The Balaban J connectivity index is 2.01. The molecular weight excluding hydrogens is 301 g/mol. The molecule has 0 radical (unpaired) electrons. The van der Waals surface area contributed by atoms with Gasteiger partial charge < -0.3 is 4.42 Å². The largest absolute Gasteiger partial charge is 0.436 e. The first-order valence-corrected chi connectivity index (χ1v) is 6.07. The zero-order chi connectivity index (χ0) is 15.9. The van der Waals surface area contributed by atoms with Crippen LogP contribution in [-0.2, 0) is 6.18 Å². The molecule has 3 aromatic rings. The van der Waals surface area contributed by atoms with Crippen molar-refractivity contribution in [1.29, 1.82) is 0 Å². The highest BCUT2D eigenvalue weighted by Crippen LogP contribution is 2.32. The molecule has 0 atom stereocenters. The van der Waals surface area contributed by atoms with Gasteiger partial charge in [0.15, 0.2) is 5.58 Å². The summed E-state index contributed by atoms with van der Waals surface area (Å²) in [5, 5.41) is 10.7. The molecule has 1 aromatic heterocycles. The highest BCUT2D eigenvalue weighted by Gasteiger charge is 2.30. The second-order valence-electron chi connectivity index (χ2n) is 4.50. The van der Waals surface area contributed by atoms with Gasteiger partial charge in [0.1, 0.15) is 5.52 Å². The van der Waals surface area contributed by atoms with Crippen molar-refractivity contribution in [3.8, 4) is 11.5 Å². The maximum atomic E-state index is 12.5. The van der Waals surface area contributed by atoms with Crippen LogP contribution in [0.15, 0.2) is 46.9 Å². The molecule has 22 heavy (non-hydrogen) atoms. The summed E-state index contributed by atoms with van der Waals surface area (Å²) in [5.74, 6) is 0.101. The summed E-state index contributed by atoms with van der Waals surface area (Å²) in [6.07, 6.45) is -4.42. The summed E-state index contributed by atoms with van der Waals surface area (Å²) in [5.41, 5.74) is 0.0158. The molecule has 112 valence electrons. The van der Waals surface area contributed by atoms with E-state index in [1.807, 2.05) is 0 Å². The summed E-state index contributed by atoms with van der Waals surface area (Å²) >= 11 is 0. The normalized spacial score (nSPS) is 11.8. The number of oxazole rings is 1. The maximum Gasteiger partial charge on any atom is 0.416 e. The van der Waals surface area contributed by atoms with Gasteiger partial charge in [-0.2, -0.15) is 13.2 Å². The smallest absolute Gasteiger partial charge is 0.416 e. The first-order valence-electron chi connectivity index (χ1n) is 6.07. The summed E-state index contributed by atoms with van der Waals surface area (Å²) in [4.78, 5) is 14.2. The van der Waals surface area contributed by atoms with Crippen LogP contribution in [0.3, 0.4) is 0 Å². The lowest BCUT2D eigenvalue weighted by Gasteiger charge is -2.05. The fraction of sp³-hybridized carbons (Fsp3) is 0.0714. The van der Waals surface area contributed by atoms with Crippen LogP contribution in [0, 0.1) is 10.1 Å². The molecule has 0 saturated carbocycles. The average Bonchev–Trinajstić information content (AvgIpc) is 2.89. The van der Waals surface area contributed by atoms with Crippen LogP contribution < -0.4 is 0 Å². The molecule has 0 fully saturated rings. The van der Waals surface area contributed by atoms with E-state index in [-0.39, 0.29) is 17.2 Å². The predicted octanol–water partition coefficient (Wildman–Crippen LogP) is 4.42. The number of nitro benzene ring substituents is 1. The summed E-state index contributed by atoms with van der Waals surface area (Å²) in [6, 6.07) is 8.24. The minimum absolute atomic E-state index is 0.101. The van der Waals surface area contributed by atoms with E-state index in [0.717, 1.165) is 12.1 Å². The molecule has 0 amide bonds. The number of halogens is 3. The zero-order valence-electron chi connectivity index (χ0n) is 10.8. The molecule has 2 aromatic carbocycles. The Morgan fingerprint density at radius 1 is 1.09 bits per heavy atom. The van der Waals surface area contributed by atoms with Crippen LogP contribution in [0.4, 0.5) is 18.9 Å². The minimum atomic E-state index is -4.42. The van der Waals surface area contributed by atoms with Crippen molar-refractivity contribution in [2.45, 2.75) is 6.18 Å². The van der Waals surface area contributed by atoms with Gasteiger partial charge in [0, 0.05) is 11.6 Å². The highest BCUT2D eigenvalue weighted by molar-refractivity contribution is 5.78. The van der Waals surface area contributed by atoms with Gasteiger partial charge in [-0.15, -0.1) is 0 Å². The van der Waals surface area contributed by atoms with Crippen molar-refractivity contribution in [2.24, 2.45) is 0 Å². The Morgan fingerprint density at radius 3 is 2.36 bits per heavy atom. The predicted molar refractivity (Wildman–Crippen MR) is 71.1 cm³/mol. The van der Waals surface area contributed by atoms with Crippen LogP contribution in [0.25, 0.3) is 22.6 Å². The Hall–Kier alpha value is -2.90. The third-order valence-electron chi connectivity index (χ3n) is 3.04. The molecule has 0 N–H and O–H groups in total. The second-order valence-corrected chi connectivity index (χ2v) is 4.50. The molecular formula is C14H7F3N2O3. The van der Waals surface area contributed by atoms with E-state index in [1.165, 1.54) is 30.3 Å². The van der Waals surface area contributed by atoms with Gasteiger partial charge in [-0.1, -0.05) is 0 Å². The first kappa shape index (κ1) is 14.1. The van der Waals surface area contributed by atoms with E-state index in [1.54, 1.807) is 0 Å². The number of fused-ring (bicyclic) bond motifs is 1. The topological polar surface area (TPSA) is 69.2 Å². The van der Waals surface area contributed by atoms with E-state index in [2.05, 4.69) is 4.98 Å². The molecule has 0 spiro atoms. The zero-order valence-corrected chi connectivity index (χ0v) is 10.8. The standard InChI is InChI=1S/C14H7F3N2O3/c15-14(16,17)9-3-1-8(2-4-9)13-18-11-6-5-10(19(20)21)7-12(11)22-13/h1-7H. The molecule has 0 aliphatic rings. The molecule has 0 unspecified atom stereocenters. The molecule has 0 aliphatic carbocycles. The monoisotopic (exact) mass is 308 g/mol. The molecule has 5 nitrogen and oxygen atoms in total. The van der Waals surface area contributed by atoms with Crippen molar-refractivity contribution in [3.63, 3.8) is 0 Å². The number of hydrogen-bond acceptors (Lipinski definition) is 4. The van der Waals surface area contributed by atoms with E-state index in [0.29, 0.717) is 11.1 Å². The molecule has 1 heterocycles. The number of hydrogen-bond donors (Lipinski definition) is 0. The molecule has 0 bridgehead atoms. The average molecular weight is 308 g/mol. The van der Waals surface area contributed by atoms with Crippen LogP contribution >= 0.6 is 0 Å². The Kier molecular flexibility index (Phi) is 3.09. The number of alkyl halides is 3. The van der Waals surface area contributed by atoms with Crippen molar-refractivity contribution in [1.82, 2.24) is 4.98 Å². The van der Waals surface area contributed by atoms with Gasteiger partial charge in [-0.3, -0.25) is 10.1 Å². The Bertz CT molecular complexity index is 854. The second kappa shape index (κ2) is 4.83. The van der Waals surface area contributed by atoms with Crippen LogP contribution in [0.5, 0.6) is 0 Å². The SMILES string of the molecule is O=[N+]([O-])c1ccc2nc(-c3ccc(C(F)(F)F)cc3)oc2c1. The van der Waals surface area contributed by atoms with Gasteiger partial charge in [-0.25, -0.2) is 4.98 Å². The lowest BCUT2D eigenvalue weighted by molar-refractivity contribution is -0.384. The summed E-state index contributed by atoms with van der Waals surface area (Å²) < 4.78 is 42.9. The van der Waals surface area contributed by atoms with Gasteiger partial charge in [0.25, 0.3) is 5.69 Å². The third kappa shape index (κ3) is 2.50. The molecule has 0 saturated heterocycles. The van der Waals surface area contributed by atoms with Crippen LogP contribution in [0.2, 0.25) is 0 Å². The van der Waals surface area contributed by atoms with Crippen molar-refractivity contribution < 1.29 is 22.5 Å². The van der Waals surface area contributed by atoms with E-state index in [9.17, 15) is 23.3 Å². The van der Waals surface area contributed by atoms with Crippen molar-refractivity contribution >= 4 is 16.8 Å². The van der Waals surface area contributed by atoms with Gasteiger partial charge in [0.05, 0.1) is 16.6 Å². The number of benzene rings is 2. The number of nitrogens with zero attached hydrogens (tertiary/aromatic N) is 2. The maximum absolute atomic E-state index is 12.5. The quantitative estimate of drug-likeness (QED) is 0.519. The highest BCUT2D eigenvalue weighted by atomic mass is 19.4. The number of aromatic nitrogens is 1. The van der Waals surface area contributed by atoms with E-state index < -0.39 is 16.7 Å². The number of non-ortho nitro benzene ring substituents is 1. The van der Waals surface area contributed by atoms with Crippen LogP contribution in [0.1, 0.15) is 5.56 Å². The van der Waals surface area contributed by atoms with E-state index in [4.69, 9.17) is 4.42 Å². The number of rotatable bonds is 2. The third-order valence-corrected chi connectivity index (χ3v) is 3.04. The first-order chi connectivity index (χ1) is 10.3. The molecule has 3 rings (SSSR count). The van der Waals surface area contributed by atoms with Gasteiger partial charge in [-0.05, 0) is 30.3 Å².